The Labute approximate surface area is 111 Å². The van der Waals surface area contributed by atoms with Gasteiger partial charge in [0.25, 0.3) is 0 Å². The second kappa shape index (κ2) is 5.86. The highest BCUT2D eigenvalue weighted by Crippen LogP contribution is 2.20. The summed E-state index contributed by atoms with van der Waals surface area (Å²) in [5.41, 5.74) is 1.47. The lowest BCUT2D eigenvalue weighted by Crippen LogP contribution is -2.33. The van der Waals surface area contributed by atoms with E-state index in [9.17, 15) is 14.4 Å². The molecule has 0 spiro atoms. The minimum atomic E-state index is -1.57. The van der Waals surface area contributed by atoms with Crippen LogP contribution in [0, 0.1) is 12.7 Å². The first kappa shape index (κ1) is 13.6. The number of hydrogen-bond acceptors (Lipinski definition) is 3. The predicted octanol–water partition coefficient (Wildman–Crippen LogP) is 1.39. The summed E-state index contributed by atoms with van der Waals surface area (Å²) < 4.78 is 19.1. The Morgan fingerprint density at radius 2 is 1.84 bits per heavy atom. The highest BCUT2D eigenvalue weighted by Gasteiger charge is 2.16. The van der Waals surface area contributed by atoms with Crippen molar-refractivity contribution in [2.24, 2.45) is 0 Å². The summed E-state index contributed by atoms with van der Waals surface area (Å²) in [6.45, 7) is 1.74. The van der Waals surface area contributed by atoms with Crippen molar-refractivity contribution in [2.45, 2.75) is 13.5 Å². The van der Waals surface area contributed by atoms with Crippen molar-refractivity contribution in [1.82, 2.24) is 0 Å². The van der Waals surface area contributed by atoms with Crippen LogP contribution in [0.3, 0.4) is 0 Å². The summed E-state index contributed by atoms with van der Waals surface area (Å²) in [5.74, 6) is -0.244. The van der Waals surface area contributed by atoms with Gasteiger partial charge in [0, 0.05) is 0 Å². The molecule has 19 heavy (non-hydrogen) atoms. The van der Waals surface area contributed by atoms with Crippen molar-refractivity contribution in [3.63, 3.8) is 0 Å². The standard InChI is InChI=1S/C14H14BFO3/c1-10-5-4-8-13(14(10)16)19-9-11-6-2-3-7-12(11)15(17)18/h2-8,17-18H,9H2,1H3. The average Bonchev–Trinajstić information content (AvgIpc) is 2.40. The highest BCUT2D eigenvalue weighted by molar-refractivity contribution is 6.59. The third-order valence-electron chi connectivity index (χ3n) is 2.87. The fourth-order valence-electron chi connectivity index (χ4n) is 1.81. The summed E-state index contributed by atoms with van der Waals surface area (Å²) >= 11 is 0. The van der Waals surface area contributed by atoms with Gasteiger partial charge in [-0.2, -0.15) is 0 Å². The minimum absolute atomic E-state index is 0.0775. The molecule has 0 radical (unpaired) electrons. The molecule has 5 heteroatoms. The van der Waals surface area contributed by atoms with E-state index in [1.807, 2.05) is 0 Å². The van der Waals surface area contributed by atoms with Crippen molar-refractivity contribution < 1.29 is 19.2 Å². The molecule has 3 nitrogen and oxygen atoms in total. The molecule has 2 aromatic carbocycles. The number of rotatable bonds is 4. The number of hydrogen-bond donors (Lipinski definition) is 2. The smallest absolute Gasteiger partial charge is 0.486 e. The van der Waals surface area contributed by atoms with Crippen molar-refractivity contribution in [3.05, 3.63) is 59.4 Å². The molecule has 0 unspecified atom stereocenters. The largest absolute Gasteiger partial charge is 0.488 e. The maximum absolute atomic E-state index is 13.7. The van der Waals surface area contributed by atoms with E-state index in [4.69, 9.17) is 4.74 Å². The van der Waals surface area contributed by atoms with Gasteiger partial charge in [-0.3, -0.25) is 0 Å². The Morgan fingerprint density at radius 3 is 2.58 bits per heavy atom. The van der Waals surface area contributed by atoms with E-state index in [2.05, 4.69) is 0 Å². The molecule has 2 rings (SSSR count). The zero-order valence-corrected chi connectivity index (χ0v) is 10.5. The Kier molecular flexibility index (Phi) is 4.19. The first-order chi connectivity index (χ1) is 9.09. The van der Waals surface area contributed by atoms with Crippen LogP contribution >= 0.6 is 0 Å². The van der Waals surface area contributed by atoms with Crippen LogP contribution < -0.4 is 10.2 Å². The van der Waals surface area contributed by atoms with Crippen LogP contribution in [0.1, 0.15) is 11.1 Å². The zero-order valence-electron chi connectivity index (χ0n) is 10.5. The lowest BCUT2D eigenvalue weighted by molar-refractivity contribution is 0.290. The topological polar surface area (TPSA) is 49.7 Å². The molecular formula is C14H14BFO3. The SMILES string of the molecule is Cc1cccc(OCc2ccccc2B(O)O)c1F. The minimum Gasteiger partial charge on any atom is -0.486 e. The van der Waals surface area contributed by atoms with Gasteiger partial charge < -0.3 is 14.8 Å². The summed E-state index contributed by atoms with van der Waals surface area (Å²) in [6.07, 6.45) is 0. The normalized spacial score (nSPS) is 10.3. The summed E-state index contributed by atoms with van der Waals surface area (Å²) in [7, 11) is -1.57. The number of aryl methyl sites for hydroxylation is 1. The fraction of sp³-hybridized carbons (Fsp3) is 0.143. The number of halogens is 1. The van der Waals surface area contributed by atoms with Crippen molar-refractivity contribution >= 4 is 12.6 Å². The molecule has 0 bridgehead atoms. The molecular weight excluding hydrogens is 246 g/mol. The summed E-state index contributed by atoms with van der Waals surface area (Å²) in [5, 5.41) is 18.5. The molecule has 0 fully saturated rings. The van der Waals surface area contributed by atoms with Gasteiger partial charge >= 0.3 is 7.12 Å². The lowest BCUT2D eigenvalue weighted by Gasteiger charge is -2.11. The van der Waals surface area contributed by atoms with Gasteiger partial charge in [-0.25, -0.2) is 4.39 Å². The average molecular weight is 260 g/mol. The monoisotopic (exact) mass is 260 g/mol. The first-order valence-electron chi connectivity index (χ1n) is 5.91. The molecule has 2 N–H and O–H groups in total. The van der Waals surface area contributed by atoms with E-state index in [-0.39, 0.29) is 12.4 Å². The first-order valence-corrected chi connectivity index (χ1v) is 5.91. The van der Waals surface area contributed by atoms with E-state index < -0.39 is 12.9 Å². The molecule has 0 aromatic heterocycles. The van der Waals surface area contributed by atoms with Crippen LogP contribution in [0.25, 0.3) is 0 Å². The second-order valence-corrected chi connectivity index (χ2v) is 4.25. The molecule has 98 valence electrons. The van der Waals surface area contributed by atoms with Crippen molar-refractivity contribution in [3.8, 4) is 5.75 Å². The van der Waals surface area contributed by atoms with E-state index >= 15 is 0 Å². The second-order valence-electron chi connectivity index (χ2n) is 4.25. The molecule has 0 amide bonds. The number of benzene rings is 2. The Balaban J connectivity index is 2.17. The maximum Gasteiger partial charge on any atom is 0.488 e. The molecule has 0 saturated carbocycles. The van der Waals surface area contributed by atoms with Gasteiger partial charge in [0.1, 0.15) is 6.61 Å². The highest BCUT2D eigenvalue weighted by atomic mass is 19.1. The van der Waals surface area contributed by atoms with Crippen LogP contribution in [0.2, 0.25) is 0 Å². The molecule has 2 aromatic rings. The maximum atomic E-state index is 13.7. The van der Waals surface area contributed by atoms with Gasteiger partial charge in [0.15, 0.2) is 11.6 Å². The van der Waals surface area contributed by atoms with Crippen molar-refractivity contribution in [1.29, 1.82) is 0 Å². The van der Waals surface area contributed by atoms with Crippen LogP contribution in [-0.2, 0) is 6.61 Å². The van der Waals surface area contributed by atoms with E-state index in [0.717, 1.165) is 0 Å². The third-order valence-corrected chi connectivity index (χ3v) is 2.87. The number of ether oxygens (including phenoxy) is 1. The molecule has 0 aliphatic heterocycles. The quantitative estimate of drug-likeness (QED) is 0.817. The Bertz CT molecular complexity index is 572. The molecule has 0 aliphatic carbocycles. The fourth-order valence-corrected chi connectivity index (χ4v) is 1.81. The van der Waals surface area contributed by atoms with Gasteiger partial charge in [0.2, 0.25) is 0 Å². The molecule has 0 heterocycles. The molecule has 0 atom stereocenters. The lowest BCUT2D eigenvalue weighted by atomic mass is 9.77. The molecule has 0 saturated heterocycles. The van der Waals surface area contributed by atoms with Crippen LogP contribution in [0.15, 0.2) is 42.5 Å². The summed E-state index contributed by atoms with van der Waals surface area (Å²) in [4.78, 5) is 0. The van der Waals surface area contributed by atoms with E-state index in [1.54, 1.807) is 49.4 Å². The van der Waals surface area contributed by atoms with Gasteiger partial charge in [0.05, 0.1) is 0 Å². The van der Waals surface area contributed by atoms with E-state index in [1.165, 1.54) is 0 Å². The van der Waals surface area contributed by atoms with Crippen LogP contribution in [0.4, 0.5) is 4.39 Å². The Morgan fingerprint density at radius 1 is 1.11 bits per heavy atom. The van der Waals surface area contributed by atoms with Gasteiger partial charge in [-0.1, -0.05) is 36.4 Å². The Hall–Kier alpha value is -1.85. The van der Waals surface area contributed by atoms with Crippen molar-refractivity contribution in [2.75, 3.05) is 0 Å². The summed E-state index contributed by atoms with van der Waals surface area (Å²) in [6, 6.07) is 11.7. The van der Waals surface area contributed by atoms with Crippen LogP contribution in [-0.4, -0.2) is 17.2 Å². The van der Waals surface area contributed by atoms with E-state index in [0.29, 0.717) is 16.6 Å². The molecule has 0 aliphatic rings. The third kappa shape index (κ3) is 3.13. The van der Waals surface area contributed by atoms with Gasteiger partial charge in [-0.15, -0.1) is 0 Å². The van der Waals surface area contributed by atoms with Crippen LogP contribution in [0.5, 0.6) is 5.75 Å². The zero-order chi connectivity index (χ0) is 13.8. The van der Waals surface area contributed by atoms with Gasteiger partial charge in [-0.05, 0) is 29.6 Å². The predicted molar refractivity (Wildman–Crippen MR) is 71.7 cm³/mol.